The first-order valence-electron chi connectivity index (χ1n) is 10.6. The lowest BCUT2D eigenvalue weighted by Gasteiger charge is -2.26. The van der Waals surface area contributed by atoms with Crippen molar-refractivity contribution < 1.29 is 27.5 Å². The van der Waals surface area contributed by atoms with Crippen molar-refractivity contribution in [2.24, 2.45) is 0 Å². The van der Waals surface area contributed by atoms with E-state index in [1.54, 1.807) is 12.1 Å². The molecule has 1 unspecified atom stereocenters. The fraction of sp³-hybridized carbons (Fsp3) is 0.280. The van der Waals surface area contributed by atoms with Crippen LogP contribution in [0.5, 0.6) is 0 Å². The minimum atomic E-state index is -4.48. The molecule has 0 bridgehead atoms. The lowest BCUT2D eigenvalue weighted by atomic mass is 10.1. The number of nitrogens with zero attached hydrogens (tertiary/aromatic N) is 2. The third-order valence-corrected chi connectivity index (χ3v) is 5.68. The maximum atomic E-state index is 13.2. The van der Waals surface area contributed by atoms with Crippen molar-refractivity contribution in [1.29, 1.82) is 0 Å². The van der Waals surface area contributed by atoms with Crippen LogP contribution in [-0.2, 0) is 17.4 Å². The van der Waals surface area contributed by atoms with Gasteiger partial charge in [0, 0.05) is 30.5 Å². The van der Waals surface area contributed by atoms with Gasteiger partial charge in [-0.05, 0) is 66.3 Å². The number of hydrogen-bond donors (Lipinski definition) is 1. The van der Waals surface area contributed by atoms with Crippen LogP contribution >= 0.6 is 0 Å². The molecule has 33 heavy (non-hydrogen) atoms. The fourth-order valence-electron chi connectivity index (χ4n) is 3.61. The van der Waals surface area contributed by atoms with Gasteiger partial charge < -0.3 is 10.0 Å². The molecule has 0 saturated heterocycles. The van der Waals surface area contributed by atoms with Gasteiger partial charge in [0.2, 0.25) is 0 Å². The Kier molecular flexibility index (Phi) is 6.47. The maximum absolute atomic E-state index is 13.2. The van der Waals surface area contributed by atoms with Gasteiger partial charge in [0.1, 0.15) is 5.82 Å². The summed E-state index contributed by atoms with van der Waals surface area (Å²) in [5.41, 5.74) is 1.51. The summed E-state index contributed by atoms with van der Waals surface area (Å²) in [6.45, 7) is 0.0955. The van der Waals surface area contributed by atoms with E-state index >= 15 is 0 Å². The van der Waals surface area contributed by atoms with E-state index in [1.165, 1.54) is 28.7 Å². The number of halogens is 4. The average Bonchev–Trinajstić information content (AvgIpc) is 3.65. The zero-order chi connectivity index (χ0) is 23.6. The number of anilines is 1. The lowest BCUT2D eigenvalue weighted by molar-refractivity contribution is -0.137. The highest BCUT2D eigenvalue weighted by Gasteiger charge is 2.31. The first kappa shape index (κ1) is 22.9. The number of rotatable bonds is 7. The SMILES string of the molecule is O=C(C(O)c1ccc(F)cc1)N(CCc1ccc(C(F)(F)F)cn1)c1ccc(C2CC2)cc1. The van der Waals surface area contributed by atoms with Gasteiger partial charge in [-0.15, -0.1) is 0 Å². The molecule has 1 amide bonds. The molecule has 4 rings (SSSR count). The molecular formula is C25H22F4N2O2. The molecule has 1 heterocycles. The molecule has 0 aliphatic heterocycles. The first-order chi connectivity index (χ1) is 15.7. The molecule has 1 aliphatic rings. The smallest absolute Gasteiger partial charge is 0.378 e. The Bertz CT molecular complexity index is 1090. The second-order valence-corrected chi connectivity index (χ2v) is 8.10. The van der Waals surface area contributed by atoms with Crippen LogP contribution in [0.15, 0.2) is 66.9 Å². The van der Waals surface area contributed by atoms with E-state index in [2.05, 4.69) is 4.98 Å². The number of aromatic nitrogens is 1. The number of carbonyl (C=O) groups is 1. The van der Waals surface area contributed by atoms with Gasteiger partial charge in [-0.1, -0.05) is 24.3 Å². The monoisotopic (exact) mass is 458 g/mol. The highest BCUT2D eigenvalue weighted by atomic mass is 19.4. The molecule has 8 heteroatoms. The Morgan fingerprint density at radius 1 is 1.03 bits per heavy atom. The summed E-state index contributed by atoms with van der Waals surface area (Å²) in [6.07, 6.45) is -2.79. The number of alkyl halides is 3. The van der Waals surface area contributed by atoms with E-state index < -0.39 is 29.6 Å². The minimum Gasteiger partial charge on any atom is -0.378 e. The number of pyridine rings is 1. The number of amides is 1. The fourth-order valence-corrected chi connectivity index (χ4v) is 3.61. The molecule has 3 aromatic rings. The van der Waals surface area contributed by atoms with Crippen molar-refractivity contribution in [2.45, 2.75) is 37.5 Å². The van der Waals surface area contributed by atoms with Crippen LogP contribution in [0.2, 0.25) is 0 Å². The molecule has 1 atom stereocenters. The Labute approximate surface area is 188 Å². The van der Waals surface area contributed by atoms with Crippen molar-refractivity contribution in [3.8, 4) is 0 Å². The van der Waals surface area contributed by atoms with Crippen LogP contribution < -0.4 is 4.90 Å². The van der Waals surface area contributed by atoms with Gasteiger partial charge in [0.25, 0.3) is 5.91 Å². The van der Waals surface area contributed by atoms with E-state index in [1.807, 2.05) is 12.1 Å². The summed E-state index contributed by atoms with van der Waals surface area (Å²) >= 11 is 0. The largest absolute Gasteiger partial charge is 0.417 e. The number of aliphatic hydroxyl groups excluding tert-OH is 1. The van der Waals surface area contributed by atoms with Gasteiger partial charge >= 0.3 is 6.18 Å². The Morgan fingerprint density at radius 3 is 2.24 bits per heavy atom. The van der Waals surface area contributed by atoms with Gasteiger partial charge in [0.05, 0.1) is 5.56 Å². The van der Waals surface area contributed by atoms with Crippen LogP contribution in [0.4, 0.5) is 23.2 Å². The van der Waals surface area contributed by atoms with Gasteiger partial charge in [-0.2, -0.15) is 13.2 Å². The summed E-state index contributed by atoms with van der Waals surface area (Å²) in [6, 6.07) is 14.7. The zero-order valence-corrected chi connectivity index (χ0v) is 17.6. The molecule has 4 nitrogen and oxygen atoms in total. The first-order valence-corrected chi connectivity index (χ1v) is 10.6. The minimum absolute atomic E-state index is 0.0955. The second kappa shape index (κ2) is 9.31. The van der Waals surface area contributed by atoms with E-state index in [0.717, 1.165) is 37.2 Å². The quantitative estimate of drug-likeness (QED) is 0.481. The zero-order valence-electron chi connectivity index (χ0n) is 17.6. The van der Waals surface area contributed by atoms with E-state index in [9.17, 15) is 27.5 Å². The number of hydrogen-bond acceptors (Lipinski definition) is 3. The van der Waals surface area contributed by atoms with E-state index in [-0.39, 0.29) is 18.5 Å². The summed E-state index contributed by atoms with van der Waals surface area (Å²) in [4.78, 5) is 18.4. The summed E-state index contributed by atoms with van der Waals surface area (Å²) in [7, 11) is 0. The Hall–Kier alpha value is -3.26. The molecule has 1 aliphatic carbocycles. The van der Waals surface area contributed by atoms with Crippen LogP contribution in [0.3, 0.4) is 0 Å². The number of aliphatic hydroxyl groups is 1. The van der Waals surface area contributed by atoms with Crippen molar-refractivity contribution in [2.75, 3.05) is 11.4 Å². The molecule has 0 radical (unpaired) electrons. The molecule has 1 N–H and O–H groups in total. The number of benzene rings is 2. The van der Waals surface area contributed by atoms with Gasteiger partial charge in [0.15, 0.2) is 6.10 Å². The van der Waals surface area contributed by atoms with Crippen molar-refractivity contribution in [3.63, 3.8) is 0 Å². The van der Waals surface area contributed by atoms with Crippen molar-refractivity contribution in [3.05, 3.63) is 95.1 Å². The van der Waals surface area contributed by atoms with Crippen LogP contribution in [0, 0.1) is 5.82 Å². The van der Waals surface area contributed by atoms with E-state index in [0.29, 0.717) is 17.3 Å². The van der Waals surface area contributed by atoms with Crippen LogP contribution in [0.25, 0.3) is 0 Å². The predicted molar refractivity (Wildman–Crippen MR) is 115 cm³/mol. The Balaban J connectivity index is 1.55. The molecule has 0 spiro atoms. The highest BCUT2D eigenvalue weighted by Crippen LogP contribution is 2.40. The summed E-state index contributed by atoms with van der Waals surface area (Å²) in [5, 5.41) is 10.6. The van der Waals surface area contributed by atoms with Gasteiger partial charge in [-0.25, -0.2) is 4.39 Å². The molecule has 172 valence electrons. The van der Waals surface area contributed by atoms with Crippen LogP contribution in [0.1, 0.15) is 47.2 Å². The third kappa shape index (κ3) is 5.57. The van der Waals surface area contributed by atoms with E-state index in [4.69, 9.17) is 0 Å². The average molecular weight is 458 g/mol. The van der Waals surface area contributed by atoms with Crippen molar-refractivity contribution >= 4 is 11.6 Å². The maximum Gasteiger partial charge on any atom is 0.417 e. The second-order valence-electron chi connectivity index (χ2n) is 8.10. The third-order valence-electron chi connectivity index (χ3n) is 5.68. The molecule has 1 saturated carbocycles. The summed E-state index contributed by atoms with van der Waals surface area (Å²) < 4.78 is 51.6. The molecule has 1 aromatic heterocycles. The number of carbonyl (C=O) groups excluding carboxylic acids is 1. The van der Waals surface area contributed by atoms with Gasteiger partial charge in [-0.3, -0.25) is 9.78 Å². The molecular weight excluding hydrogens is 436 g/mol. The summed E-state index contributed by atoms with van der Waals surface area (Å²) in [5.74, 6) is -0.573. The predicted octanol–water partition coefficient (Wildman–Crippen LogP) is 5.43. The normalized spacial score (nSPS) is 14.7. The van der Waals surface area contributed by atoms with Crippen LogP contribution in [-0.4, -0.2) is 22.5 Å². The van der Waals surface area contributed by atoms with Crippen molar-refractivity contribution in [1.82, 2.24) is 4.98 Å². The Morgan fingerprint density at radius 2 is 1.70 bits per heavy atom. The highest BCUT2D eigenvalue weighted by molar-refractivity contribution is 5.97. The standard InChI is InChI=1S/C25H22F4N2O2/c26-20-8-3-18(4-9-20)23(32)24(33)31(22-11-5-17(6-12-22)16-1-2-16)14-13-21-10-7-19(15-30-21)25(27,28)29/h3-12,15-16,23,32H,1-2,13-14H2. The lowest BCUT2D eigenvalue weighted by Crippen LogP contribution is -2.37. The molecule has 1 fully saturated rings. The topological polar surface area (TPSA) is 53.4 Å². The molecule has 2 aromatic carbocycles.